The van der Waals surface area contributed by atoms with Crippen molar-refractivity contribution in [2.24, 2.45) is 5.10 Å². The Kier molecular flexibility index (Phi) is 4.84. The fourth-order valence-corrected chi connectivity index (χ4v) is 2.45. The number of carbonyl (C=O) groups is 1. The molecule has 0 saturated carbocycles. The molecule has 0 fully saturated rings. The zero-order chi connectivity index (χ0) is 18.7. The van der Waals surface area contributed by atoms with E-state index in [2.05, 4.69) is 27.6 Å². The molecule has 0 radical (unpaired) electrons. The normalized spacial score (nSPS) is 11.4. The van der Waals surface area contributed by atoms with Crippen molar-refractivity contribution in [1.29, 1.82) is 0 Å². The van der Waals surface area contributed by atoms with Crippen LogP contribution in [0.2, 0.25) is 0 Å². The summed E-state index contributed by atoms with van der Waals surface area (Å²) in [6, 6.07) is 14.4. The highest BCUT2D eigenvalue weighted by Gasteiger charge is 2.11. The number of nitrogens with zero attached hydrogens (tertiary/aromatic N) is 2. The topological polar surface area (TPSA) is 90.4 Å². The molecule has 1 heterocycles. The molecular weight excluding hydrogens is 328 g/mol. The van der Waals surface area contributed by atoms with E-state index in [1.807, 2.05) is 25.1 Å². The number of aromatic hydroxyl groups is 1. The Bertz CT molecular complexity index is 972. The lowest BCUT2D eigenvalue weighted by molar-refractivity contribution is 0.0950. The number of hydrazone groups is 1. The van der Waals surface area contributed by atoms with Crippen molar-refractivity contribution in [3.8, 4) is 17.0 Å². The van der Waals surface area contributed by atoms with Gasteiger partial charge in [0, 0.05) is 5.56 Å². The highest BCUT2D eigenvalue weighted by atomic mass is 16.3. The zero-order valence-electron chi connectivity index (χ0n) is 14.9. The number of aromatic nitrogens is 2. The summed E-state index contributed by atoms with van der Waals surface area (Å²) < 4.78 is 0. The van der Waals surface area contributed by atoms with E-state index in [-0.39, 0.29) is 11.7 Å². The summed E-state index contributed by atoms with van der Waals surface area (Å²) in [4.78, 5) is 12.3. The van der Waals surface area contributed by atoms with Gasteiger partial charge in [-0.3, -0.25) is 9.89 Å². The van der Waals surface area contributed by atoms with Crippen LogP contribution in [0.5, 0.6) is 5.75 Å². The Labute approximate surface area is 151 Å². The molecule has 3 aromatic rings. The molecule has 6 nitrogen and oxygen atoms in total. The van der Waals surface area contributed by atoms with Crippen LogP contribution in [0.15, 0.2) is 53.6 Å². The number of amides is 1. The summed E-state index contributed by atoms with van der Waals surface area (Å²) in [5.41, 5.74) is 8.33. The number of carbonyl (C=O) groups excluding carboxylic acids is 1. The second kappa shape index (κ2) is 7.23. The fourth-order valence-electron chi connectivity index (χ4n) is 2.45. The van der Waals surface area contributed by atoms with E-state index < -0.39 is 0 Å². The Morgan fingerprint density at radius 1 is 1.08 bits per heavy atom. The second-order valence-electron chi connectivity index (χ2n) is 6.15. The third-order valence-corrected chi connectivity index (χ3v) is 4.24. The van der Waals surface area contributed by atoms with E-state index in [9.17, 15) is 9.90 Å². The lowest BCUT2D eigenvalue weighted by Gasteiger charge is -2.02. The summed E-state index contributed by atoms with van der Waals surface area (Å²) in [6.45, 7) is 5.87. The lowest BCUT2D eigenvalue weighted by atomic mass is 10.0. The van der Waals surface area contributed by atoms with Crippen molar-refractivity contribution < 1.29 is 9.90 Å². The Morgan fingerprint density at radius 3 is 2.50 bits per heavy atom. The third kappa shape index (κ3) is 3.80. The molecule has 0 unspecified atom stereocenters. The molecule has 1 aromatic heterocycles. The van der Waals surface area contributed by atoms with Gasteiger partial charge in [0.1, 0.15) is 11.4 Å². The van der Waals surface area contributed by atoms with Gasteiger partial charge in [-0.15, -0.1) is 0 Å². The number of H-pyrrole nitrogens is 1. The molecule has 0 aliphatic rings. The maximum atomic E-state index is 12.3. The fraction of sp³-hybridized carbons (Fsp3) is 0.150. The van der Waals surface area contributed by atoms with Gasteiger partial charge in [-0.25, -0.2) is 5.43 Å². The van der Waals surface area contributed by atoms with Crippen molar-refractivity contribution in [3.63, 3.8) is 0 Å². The molecule has 26 heavy (non-hydrogen) atoms. The standard InChI is InChI=1S/C20H20N4O2/c1-12-4-5-16(10-13(12)2)18-11-19(23-22-18)20(26)24-21-14(3)15-6-8-17(25)9-7-15/h4-11,25H,1-3H3,(H,22,23)(H,24,26)/b21-14+. The number of hydrogen-bond acceptors (Lipinski definition) is 4. The van der Waals surface area contributed by atoms with E-state index in [1.54, 1.807) is 37.3 Å². The first kappa shape index (κ1) is 17.4. The molecule has 132 valence electrons. The number of aromatic amines is 1. The van der Waals surface area contributed by atoms with Crippen LogP contribution in [-0.4, -0.2) is 26.9 Å². The van der Waals surface area contributed by atoms with Crippen molar-refractivity contribution in [1.82, 2.24) is 15.6 Å². The minimum absolute atomic E-state index is 0.182. The number of aryl methyl sites for hydroxylation is 2. The van der Waals surface area contributed by atoms with Gasteiger partial charge in [-0.1, -0.05) is 12.1 Å². The number of rotatable bonds is 4. The summed E-state index contributed by atoms with van der Waals surface area (Å²) in [6.07, 6.45) is 0. The van der Waals surface area contributed by atoms with E-state index in [0.717, 1.165) is 11.1 Å². The first-order chi connectivity index (χ1) is 12.4. The predicted octanol–water partition coefficient (Wildman–Crippen LogP) is 3.55. The smallest absolute Gasteiger partial charge is 0.289 e. The largest absolute Gasteiger partial charge is 0.508 e. The molecule has 0 spiro atoms. The quantitative estimate of drug-likeness (QED) is 0.497. The predicted molar refractivity (Wildman–Crippen MR) is 101 cm³/mol. The van der Waals surface area contributed by atoms with Crippen LogP contribution < -0.4 is 5.43 Å². The van der Waals surface area contributed by atoms with E-state index >= 15 is 0 Å². The van der Waals surface area contributed by atoms with Crippen molar-refractivity contribution in [2.75, 3.05) is 0 Å². The molecule has 0 bridgehead atoms. The van der Waals surface area contributed by atoms with Gasteiger partial charge in [0.15, 0.2) is 0 Å². The zero-order valence-corrected chi connectivity index (χ0v) is 14.9. The number of phenolic OH excluding ortho intramolecular Hbond substituents is 1. The van der Waals surface area contributed by atoms with Crippen LogP contribution in [0.4, 0.5) is 0 Å². The van der Waals surface area contributed by atoms with Crippen molar-refractivity contribution in [3.05, 3.63) is 70.9 Å². The summed E-state index contributed by atoms with van der Waals surface area (Å²) in [5.74, 6) is -0.187. The van der Waals surface area contributed by atoms with Crippen LogP contribution in [-0.2, 0) is 0 Å². The average molecular weight is 348 g/mol. The Balaban J connectivity index is 1.72. The van der Waals surface area contributed by atoms with E-state index in [4.69, 9.17) is 0 Å². The maximum absolute atomic E-state index is 12.3. The summed E-state index contributed by atoms with van der Waals surface area (Å²) in [5, 5.41) is 20.4. The third-order valence-electron chi connectivity index (χ3n) is 4.24. The van der Waals surface area contributed by atoms with Gasteiger partial charge in [0.05, 0.1) is 11.4 Å². The van der Waals surface area contributed by atoms with Gasteiger partial charge >= 0.3 is 0 Å². The van der Waals surface area contributed by atoms with Gasteiger partial charge in [0.2, 0.25) is 0 Å². The van der Waals surface area contributed by atoms with E-state index in [0.29, 0.717) is 17.1 Å². The highest BCUT2D eigenvalue weighted by Crippen LogP contribution is 2.21. The minimum Gasteiger partial charge on any atom is -0.508 e. The number of phenols is 1. The molecule has 1 amide bonds. The lowest BCUT2D eigenvalue weighted by Crippen LogP contribution is -2.19. The number of nitrogens with one attached hydrogen (secondary N) is 2. The highest BCUT2D eigenvalue weighted by molar-refractivity contribution is 6.00. The van der Waals surface area contributed by atoms with Crippen molar-refractivity contribution >= 4 is 11.6 Å². The van der Waals surface area contributed by atoms with Gasteiger partial charge < -0.3 is 5.11 Å². The van der Waals surface area contributed by atoms with Gasteiger partial charge in [-0.2, -0.15) is 10.2 Å². The van der Waals surface area contributed by atoms with Crippen LogP contribution in [0.3, 0.4) is 0 Å². The number of benzene rings is 2. The summed E-state index contributed by atoms with van der Waals surface area (Å²) >= 11 is 0. The van der Waals surface area contributed by atoms with Gasteiger partial charge in [0.25, 0.3) is 5.91 Å². The monoisotopic (exact) mass is 348 g/mol. The molecule has 3 rings (SSSR count). The van der Waals surface area contributed by atoms with Crippen LogP contribution >= 0.6 is 0 Å². The van der Waals surface area contributed by atoms with Crippen LogP contribution in [0.25, 0.3) is 11.3 Å². The van der Waals surface area contributed by atoms with E-state index in [1.165, 1.54) is 11.1 Å². The summed E-state index contributed by atoms with van der Waals surface area (Å²) in [7, 11) is 0. The molecule has 0 atom stereocenters. The first-order valence-electron chi connectivity index (χ1n) is 8.21. The second-order valence-corrected chi connectivity index (χ2v) is 6.15. The van der Waals surface area contributed by atoms with Crippen LogP contribution in [0.1, 0.15) is 34.1 Å². The maximum Gasteiger partial charge on any atom is 0.289 e. The van der Waals surface area contributed by atoms with Gasteiger partial charge in [-0.05, 0) is 73.9 Å². The molecule has 0 aliphatic heterocycles. The molecule has 0 saturated heterocycles. The number of hydrogen-bond donors (Lipinski definition) is 3. The van der Waals surface area contributed by atoms with Crippen molar-refractivity contribution in [2.45, 2.75) is 20.8 Å². The average Bonchev–Trinajstić information content (AvgIpc) is 3.12. The molecular formula is C20H20N4O2. The molecule has 0 aliphatic carbocycles. The molecule has 2 aromatic carbocycles. The first-order valence-corrected chi connectivity index (χ1v) is 8.21. The minimum atomic E-state index is -0.370. The SMILES string of the molecule is C/C(=N\NC(=O)c1cc(-c2ccc(C)c(C)c2)n[nH]1)c1ccc(O)cc1. The Hall–Kier alpha value is -3.41. The molecule has 3 N–H and O–H groups in total. The van der Waals surface area contributed by atoms with Crippen LogP contribution in [0, 0.1) is 13.8 Å². The molecule has 6 heteroatoms. The Morgan fingerprint density at radius 2 is 1.81 bits per heavy atom.